The van der Waals surface area contributed by atoms with Gasteiger partial charge in [0.2, 0.25) is 0 Å². The number of rotatable bonds is 2. The SMILES string of the molecule is C[C@H]1CC[C@@]2(C)[C@@H](CC[C@@H]3[C@@H]2CC[C@]2(C)C(OS(=O)(=O)C(F)(F)F)=CC[C@@H]32)C1. The minimum Gasteiger partial charge on any atom is -0.380 e. The van der Waals surface area contributed by atoms with Crippen LogP contribution in [0.4, 0.5) is 13.2 Å². The van der Waals surface area contributed by atoms with Crippen LogP contribution in [0.25, 0.3) is 0 Å². The Morgan fingerprint density at radius 3 is 2.46 bits per heavy atom. The molecule has 7 heteroatoms. The van der Waals surface area contributed by atoms with Crippen LogP contribution in [0.1, 0.15) is 72.1 Å². The topological polar surface area (TPSA) is 43.4 Å². The monoisotopic (exact) mass is 420 g/mol. The van der Waals surface area contributed by atoms with E-state index < -0.39 is 21.0 Å². The van der Waals surface area contributed by atoms with Crippen molar-refractivity contribution >= 4 is 10.1 Å². The first-order valence-electron chi connectivity index (χ1n) is 10.6. The third-order valence-corrected chi connectivity index (χ3v) is 9.89. The lowest BCUT2D eigenvalue weighted by atomic mass is 9.44. The van der Waals surface area contributed by atoms with Crippen molar-refractivity contribution in [1.29, 1.82) is 0 Å². The minimum absolute atomic E-state index is 0.0258. The largest absolute Gasteiger partial charge is 0.534 e. The first kappa shape index (κ1) is 20.5. The Bertz CT molecular complexity index is 774. The van der Waals surface area contributed by atoms with Crippen LogP contribution in [-0.4, -0.2) is 13.9 Å². The number of hydrogen-bond donors (Lipinski definition) is 0. The molecule has 0 aromatic carbocycles. The van der Waals surface area contributed by atoms with E-state index in [-0.39, 0.29) is 11.7 Å². The summed E-state index contributed by atoms with van der Waals surface area (Å²) in [5.74, 6) is 2.77. The predicted octanol–water partition coefficient (Wildman–Crippen LogP) is 6.03. The Morgan fingerprint density at radius 2 is 1.79 bits per heavy atom. The second kappa shape index (κ2) is 6.39. The molecule has 0 aromatic heterocycles. The van der Waals surface area contributed by atoms with Crippen molar-refractivity contribution in [1.82, 2.24) is 0 Å². The molecule has 4 rings (SSSR count). The molecule has 4 aliphatic rings. The van der Waals surface area contributed by atoms with Crippen LogP contribution in [0.3, 0.4) is 0 Å². The van der Waals surface area contributed by atoms with Crippen LogP contribution in [-0.2, 0) is 14.3 Å². The van der Waals surface area contributed by atoms with Gasteiger partial charge in [0.05, 0.1) is 0 Å². The molecule has 0 aliphatic heterocycles. The van der Waals surface area contributed by atoms with Gasteiger partial charge >= 0.3 is 15.6 Å². The lowest BCUT2D eigenvalue weighted by Crippen LogP contribution is -2.53. The van der Waals surface area contributed by atoms with E-state index in [1.165, 1.54) is 25.7 Å². The second-order valence-electron chi connectivity index (χ2n) is 10.3. The van der Waals surface area contributed by atoms with E-state index in [0.29, 0.717) is 30.1 Å². The fraction of sp³-hybridized carbons (Fsp3) is 0.905. The van der Waals surface area contributed by atoms with Gasteiger partial charge in [0, 0.05) is 5.41 Å². The zero-order valence-electron chi connectivity index (χ0n) is 16.9. The van der Waals surface area contributed by atoms with Crippen molar-refractivity contribution in [2.45, 2.75) is 77.6 Å². The van der Waals surface area contributed by atoms with Gasteiger partial charge in [-0.3, -0.25) is 0 Å². The van der Waals surface area contributed by atoms with Crippen molar-refractivity contribution in [3.8, 4) is 0 Å². The predicted molar refractivity (Wildman–Crippen MR) is 100 cm³/mol. The Kier molecular flexibility index (Phi) is 4.69. The summed E-state index contributed by atoms with van der Waals surface area (Å²) in [5.41, 5.74) is -5.67. The van der Waals surface area contributed by atoms with Crippen molar-refractivity contribution < 1.29 is 25.8 Å². The molecule has 0 unspecified atom stereocenters. The molecule has 160 valence electrons. The fourth-order valence-corrected chi connectivity index (χ4v) is 7.88. The number of hydrogen-bond acceptors (Lipinski definition) is 3. The molecule has 28 heavy (non-hydrogen) atoms. The summed E-state index contributed by atoms with van der Waals surface area (Å²) >= 11 is 0. The van der Waals surface area contributed by atoms with Crippen LogP contribution < -0.4 is 0 Å². The number of fused-ring (bicyclic) bond motifs is 5. The summed E-state index contributed by atoms with van der Waals surface area (Å²) in [6.45, 7) is 6.70. The van der Waals surface area contributed by atoms with E-state index in [4.69, 9.17) is 0 Å². The number of alkyl halides is 3. The zero-order chi connectivity index (χ0) is 20.5. The molecule has 0 amide bonds. The summed E-state index contributed by atoms with van der Waals surface area (Å²) in [7, 11) is -5.60. The molecule has 4 aliphatic carbocycles. The summed E-state index contributed by atoms with van der Waals surface area (Å²) in [6, 6.07) is 0. The Hall–Kier alpha value is -0.720. The fourth-order valence-electron chi connectivity index (χ4n) is 7.30. The molecule has 0 saturated heterocycles. The molecule has 0 bridgehead atoms. The minimum atomic E-state index is -5.60. The van der Waals surface area contributed by atoms with E-state index in [1.54, 1.807) is 6.08 Å². The van der Waals surface area contributed by atoms with E-state index in [2.05, 4.69) is 18.0 Å². The van der Waals surface area contributed by atoms with Gasteiger partial charge in [0.15, 0.2) is 0 Å². The molecule has 0 radical (unpaired) electrons. The molecule has 7 atom stereocenters. The van der Waals surface area contributed by atoms with Gasteiger partial charge in [-0.1, -0.05) is 27.2 Å². The van der Waals surface area contributed by atoms with Gasteiger partial charge in [-0.2, -0.15) is 21.6 Å². The summed E-state index contributed by atoms with van der Waals surface area (Å²) < 4.78 is 66.3. The summed E-state index contributed by atoms with van der Waals surface area (Å²) in [5, 5.41) is 0. The van der Waals surface area contributed by atoms with Gasteiger partial charge in [0.1, 0.15) is 5.76 Å². The molecule has 0 aromatic rings. The maximum Gasteiger partial charge on any atom is 0.534 e. The second-order valence-corrected chi connectivity index (χ2v) is 11.8. The highest BCUT2D eigenvalue weighted by molar-refractivity contribution is 7.87. The standard InChI is InChI=1S/C21H31F3O3S/c1-13-8-10-19(2)14(12-13)4-5-15-16-6-7-18(20(16,3)11-9-17(15)19)27-28(25,26)21(22,23)24/h7,13-17H,4-6,8-12H2,1-3H3/t13-,14-,15-,16-,17-,19-,20-/m0/s1. The molecule has 3 fully saturated rings. The van der Waals surface area contributed by atoms with Gasteiger partial charge in [-0.05, 0) is 86.0 Å². The highest BCUT2D eigenvalue weighted by atomic mass is 32.2. The zero-order valence-corrected chi connectivity index (χ0v) is 17.7. The summed E-state index contributed by atoms with van der Waals surface area (Å²) in [4.78, 5) is 0. The molecule has 0 N–H and O–H groups in total. The van der Waals surface area contributed by atoms with E-state index in [1.807, 2.05) is 6.92 Å². The number of halogens is 3. The molecular weight excluding hydrogens is 389 g/mol. The van der Waals surface area contributed by atoms with Crippen molar-refractivity contribution in [3.63, 3.8) is 0 Å². The quantitative estimate of drug-likeness (QED) is 0.405. The molecule has 0 heterocycles. The highest BCUT2D eigenvalue weighted by Gasteiger charge is 2.60. The molecule has 3 nitrogen and oxygen atoms in total. The van der Waals surface area contributed by atoms with E-state index >= 15 is 0 Å². The normalized spacial score (nSPS) is 46.2. The maximum atomic E-state index is 12.8. The molecule has 3 saturated carbocycles. The van der Waals surface area contributed by atoms with Gasteiger partial charge in [-0.25, -0.2) is 0 Å². The smallest absolute Gasteiger partial charge is 0.380 e. The first-order valence-corrected chi connectivity index (χ1v) is 12.0. The van der Waals surface area contributed by atoms with Crippen LogP contribution in [0.15, 0.2) is 11.8 Å². The van der Waals surface area contributed by atoms with Crippen molar-refractivity contribution in [2.75, 3.05) is 0 Å². The average Bonchev–Trinajstić information content (AvgIpc) is 2.91. The van der Waals surface area contributed by atoms with Crippen LogP contribution in [0.5, 0.6) is 0 Å². The first-order chi connectivity index (χ1) is 12.9. The number of allylic oxidation sites excluding steroid dienone is 2. The Balaban J connectivity index is 1.57. The van der Waals surface area contributed by atoms with Crippen LogP contribution >= 0.6 is 0 Å². The van der Waals surface area contributed by atoms with E-state index in [9.17, 15) is 21.6 Å². The molecule has 0 spiro atoms. The van der Waals surface area contributed by atoms with Gasteiger partial charge < -0.3 is 4.18 Å². The van der Waals surface area contributed by atoms with Crippen molar-refractivity contribution in [3.05, 3.63) is 11.8 Å². The summed E-state index contributed by atoms with van der Waals surface area (Å²) in [6.07, 6.45) is 9.97. The van der Waals surface area contributed by atoms with Crippen LogP contribution in [0, 0.1) is 40.4 Å². The van der Waals surface area contributed by atoms with Gasteiger partial charge in [-0.15, -0.1) is 0 Å². The molecular formula is C21H31F3O3S. The van der Waals surface area contributed by atoms with Gasteiger partial charge in [0.25, 0.3) is 0 Å². The maximum absolute atomic E-state index is 12.8. The Morgan fingerprint density at radius 1 is 1.07 bits per heavy atom. The third kappa shape index (κ3) is 2.93. The Labute approximate surface area is 166 Å². The lowest BCUT2D eigenvalue weighted by molar-refractivity contribution is -0.111. The lowest BCUT2D eigenvalue weighted by Gasteiger charge is -2.60. The van der Waals surface area contributed by atoms with Crippen molar-refractivity contribution in [2.24, 2.45) is 40.4 Å². The van der Waals surface area contributed by atoms with E-state index in [0.717, 1.165) is 24.7 Å². The van der Waals surface area contributed by atoms with Crippen LogP contribution in [0.2, 0.25) is 0 Å². The highest BCUT2D eigenvalue weighted by Crippen LogP contribution is 2.66. The third-order valence-electron chi connectivity index (χ3n) is 8.92. The average molecular weight is 421 g/mol.